The third-order valence-electron chi connectivity index (χ3n) is 1.94. The van der Waals surface area contributed by atoms with Crippen molar-refractivity contribution in [2.24, 2.45) is 0 Å². The van der Waals surface area contributed by atoms with E-state index in [-0.39, 0.29) is 16.4 Å². The second-order valence-corrected chi connectivity index (χ2v) is 4.19. The molecule has 0 saturated carbocycles. The molecule has 0 aliphatic carbocycles. The van der Waals surface area contributed by atoms with Crippen molar-refractivity contribution >= 4 is 15.9 Å². The van der Waals surface area contributed by atoms with Crippen LogP contribution in [-0.2, 0) is 0 Å². The van der Waals surface area contributed by atoms with E-state index in [1.54, 1.807) is 12.1 Å². The molecule has 0 saturated heterocycles. The Bertz CT molecular complexity index is 326. The van der Waals surface area contributed by atoms with Gasteiger partial charge in [0, 0.05) is 10.4 Å². The number of benzene rings is 1. The van der Waals surface area contributed by atoms with Gasteiger partial charge in [-0.2, -0.15) is 0 Å². The summed E-state index contributed by atoms with van der Waals surface area (Å²) in [5, 5.41) is 0. The van der Waals surface area contributed by atoms with Crippen molar-refractivity contribution in [3.8, 4) is 11.5 Å². The highest BCUT2D eigenvalue weighted by Crippen LogP contribution is 2.36. The Morgan fingerprint density at radius 2 is 1.93 bits per heavy atom. The molecule has 4 heteroatoms. The molecule has 1 aromatic rings. The van der Waals surface area contributed by atoms with E-state index in [0.717, 1.165) is 0 Å². The maximum absolute atomic E-state index is 13.7. The van der Waals surface area contributed by atoms with Gasteiger partial charge >= 0.3 is 0 Å². The van der Waals surface area contributed by atoms with Gasteiger partial charge in [-0.1, -0.05) is 22.0 Å². The van der Waals surface area contributed by atoms with Crippen molar-refractivity contribution in [2.45, 2.75) is 11.8 Å². The Morgan fingerprint density at radius 3 is 2.36 bits per heavy atom. The predicted octanol–water partition coefficient (Wildman–Crippen LogP) is 3.30. The zero-order chi connectivity index (χ0) is 10.7. The lowest BCUT2D eigenvalue weighted by Crippen LogP contribution is -1.98. The van der Waals surface area contributed by atoms with E-state index in [9.17, 15) is 4.39 Å². The van der Waals surface area contributed by atoms with Gasteiger partial charge in [0.05, 0.1) is 14.2 Å². The molecular weight excluding hydrogens is 251 g/mol. The highest BCUT2D eigenvalue weighted by Gasteiger charge is 2.16. The first-order valence-corrected chi connectivity index (χ1v) is 5.07. The second kappa shape index (κ2) is 4.64. The smallest absolute Gasteiger partial charge is 0.197 e. The lowest BCUT2D eigenvalue weighted by atomic mass is 10.1. The Labute approximate surface area is 91.2 Å². The van der Waals surface area contributed by atoms with E-state index >= 15 is 0 Å². The molecular formula is C10H12BrFO2. The summed E-state index contributed by atoms with van der Waals surface area (Å²) in [5.74, 6) is 0.175. The summed E-state index contributed by atoms with van der Waals surface area (Å²) in [6.07, 6.45) is 0. The van der Waals surface area contributed by atoms with Gasteiger partial charge in [0.2, 0.25) is 0 Å². The summed E-state index contributed by atoms with van der Waals surface area (Å²) in [6, 6.07) is 3.37. The summed E-state index contributed by atoms with van der Waals surface area (Å²) in [6.45, 7) is 1.85. The fourth-order valence-electron chi connectivity index (χ4n) is 1.21. The van der Waals surface area contributed by atoms with Crippen LogP contribution < -0.4 is 9.47 Å². The molecule has 1 aromatic carbocycles. The van der Waals surface area contributed by atoms with Crippen LogP contribution in [0.3, 0.4) is 0 Å². The fraction of sp³-hybridized carbons (Fsp3) is 0.400. The highest BCUT2D eigenvalue weighted by atomic mass is 79.9. The van der Waals surface area contributed by atoms with Crippen LogP contribution in [0, 0.1) is 5.82 Å². The lowest BCUT2D eigenvalue weighted by Gasteiger charge is -2.12. The molecule has 0 aromatic heterocycles. The first-order valence-electron chi connectivity index (χ1n) is 4.16. The lowest BCUT2D eigenvalue weighted by molar-refractivity contribution is 0.336. The largest absolute Gasteiger partial charge is 0.493 e. The van der Waals surface area contributed by atoms with Gasteiger partial charge in [0.15, 0.2) is 17.3 Å². The van der Waals surface area contributed by atoms with E-state index in [0.29, 0.717) is 11.3 Å². The van der Waals surface area contributed by atoms with Gasteiger partial charge in [-0.15, -0.1) is 0 Å². The molecule has 0 aliphatic heterocycles. The third-order valence-corrected chi connectivity index (χ3v) is 2.44. The minimum Gasteiger partial charge on any atom is -0.493 e. The molecule has 0 amide bonds. The van der Waals surface area contributed by atoms with Crippen LogP contribution in [0.1, 0.15) is 17.3 Å². The number of ether oxygens (including phenoxy) is 2. The van der Waals surface area contributed by atoms with E-state index in [1.807, 2.05) is 6.92 Å². The van der Waals surface area contributed by atoms with Gasteiger partial charge in [-0.3, -0.25) is 0 Å². The first-order chi connectivity index (χ1) is 6.61. The SMILES string of the molecule is COc1ccc(C(C)Br)c(F)c1OC. The zero-order valence-electron chi connectivity index (χ0n) is 8.30. The molecule has 2 nitrogen and oxygen atoms in total. The molecule has 0 radical (unpaired) electrons. The number of hydrogen-bond acceptors (Lipinski definition) is 2. The maximum atomic E-state index is 13.7. The molecule has 0 N–H and O–H groups in total. The molecule has 78 valence electrons. The molecule has 0 bridgehead atoms. The third kappa shape index (κ3) is 2.00. The number of alkyl halides is 1. The molecule has 14 heavy (non-hydrogen) atoms. The second-order valence-electron chi connectivity index (χ2n) is 2.82. The summed E-state index contributed by atoms with van der Waals surface area (Å²) in [7, 11) is 2.90. The molecule has 1 rings (SSSR count). The molecule has 0 spiro atoms. The normalized spacial score (nSPS) is 12.4. The Kier molecular flexibility index (Phi) is 3.75. The maximum Gasteiger partial charge on any atom is 0.197 e. The molecule has 0 aliphatic rings. The Morgan fingerprint density at radius 1 is 1.29 bits per heavy atom. The topological polar surface area (TPSA) is 18.5 Å². The van der Waals surface area contributed by atoms with Gasteiger partial charge < -0.3 is 9.47 Å². The quantitative estimate of drug-likeness (QED) is 0.779. The highest BCUT2D eigenvalue weighted by molar-refractivity contribution is 9.09. The van der Waals surface area contributed by atoms with E-state index in [2.05, 4.69) is 15.9 Å². The standard InChI is InChI=1S/C10H12BrFO2/c1-6(11)7-4-5-8(13-2)10(14-3)9(7)12/h4-6H,1-3H3. The number of methoxy groups -OCH3 is 2. The average molecular weight is 263 g/mol. The van der Waals surface area contributed by atoms with E-state index in [1.165, 1.54) is 14.2 Å². The van der Waals surface area contributed by atoms with Crippen LogP contribution in [0.5, 0.6) is 11.5 Å². The van der Waals surface area contributed by atoms with E-state index in [4.69, 9.17) is 9.47 Å². The van der Waals surface area contributed by atoms with Crippen molar-refractivity contribution < 1.29 is 13.9 Å². The minimum atomic E-state index is -0.378. The van der Waals surface area contributed by atoms with Crippen LogP contribution in [0.4, 0.5) is 4.39 Å². The summed E-state index contributed by atoms with van der Waals surface area (Å²) in [4.78, 5) is -0.0534. The number of halogens is 2. The summed E-state index contributed by atoms with van der Waals surface area (Å²) in [5.41, 5.74) is 0.558. The molecule has 0 heterocycles. The van der Waals surface area contributed by atoms with Gasteiger partial charge in [0.25, 0.3) is 0 Å². The molecule has 1 atom stereocenters. The zero-order valence-corrected chi connectivity index (χ0v) is 9.89. The van der Waals surface area contributed by atoms with Gasteiger partial charge in [-0.05, 0) is 13.0 Å². The first kappa shape index (κ1) is 11.3. The minimum absolute atomic E-state index is 0.0534. The fourth-order valence-corrected chi connectivity index (χ4v) is 1.57. The van der Waals surface area contributed by atoms with E-state index < -0.39 is 0 Å². The van der Waals surface area contributed by atoms with Gasteiger partial charge in [0.1, 0.15) is 0 Å². The van der Waals surface area contributed by atoms with Crippen LogP contribution in [0.25, 0.3) is 0 Å². The molecule has 1 unspecified atom stereocenters. The monoisotopic (exact) mass is 262 g/mol. The average Bonchev–Trinajstić information content (AvgIpc) is 2.16. The van der Waals surface area contributed by atoms with Gasteiger partial charge in [-0.25, -0.2) is 4.39 Å². The molecule has 0 fully saturated rings. The van der Waals surface area contributed by atoms with Crippen molar-refractivity contribution in [2.75, 3.05) is 14.2 Å². The Balaban J connectivity index is 3.27. The summed E-state index contributed by atoms with van der Waals surface area (Å²) < 4.78 is 23.6. The Hall–Kier alpha value is -0.770. The predicted molar refractivity (Wildman–Crippen MR) is 56.8 cm³/mol. The number of rotatable bonds is 3. The van der Waals surface area contributed by atoms with Crippen LogP contribution in [0.15, 0.2) is 12.1 Å². The van der Waals surface area contributed by atoms with Crippen molar-refractivity contribution in [1.29, 1.82) is 0 Å². The van der Waals surface area contributed by atoms with Crippen LogP contribution in [-0.4, -0.2) is 14.2 Å². The van der Waals surface area contributed by atoms with Crippen molar-refractivity contribution in [1.82, 2.24) is 0 Å². The van der Waals surface area contributed by atoms with Crippen molar-refractivity contribution in [3.05, 3.63) is 23.5 Å². The summed E-state index contributed by atoms with van der Waals surface area (Å²) >= 11 is 3.31. The number of hydrogen-bond donors (Lipinski definition) is 0. The van der Waals surface area contributed by atoms with Crippen LogP contribution >= 0.6 is 15.9 Å². The van der Waals surface area contributed by atoms with Crippen LogP contribution in [0.2, 0.25) is 0 Å². The van der Waals surface area contributed by atoms with Crippen molar-refractivity contribution in [3.63, 3.8) is 0 Å².